The van der Waals surface area contributed by atoms with E-state index in [4.69, 9.17) is 5.73 Å². The zero-order valence-electron chi connectivity index (χ0n) is 12.2. The first-order valence-electron chi connectivity index (χ1n) is 6.78. The number of carboxylic acids is 1. The number of hydrogen-bond acceptors (Lipinski definition) is 5. The van der Waals surface area contributed by atoms with Crippen LogP contribution in [0.1, 0.15) is 35.4 Å². The van der Waals surface area contributed by atoms with Crippen molar-refractivity contribution in [2.24, 2.45) is 0 Å². The molecule has 1 atom stereocenters. The number of nitrogens with zero attached hydrogens (tertiary/aromatic N) is 2. The highest BCUT2D eigenvalue weighted by atomic mass is 127. The first-order chi connectivity index (χ1) is 10.9. The quantitative estimate of drug-likeness (QED) is 0.555. The van der Waals surface area contributed by atoms with Crippen molar-refractivity contribution < 1.29 is 14.7 Å². The van der Waals surface area contributed by atoms with Gasteiger partial charge in [-0.25, -0.2) is 9.59 Å². The number of hydrogen-bond donors (Lipinski definition) is 2. The Morgan fingerprint density at radius 2 is 1.96 bits per heavy atom. The molecule has 0 aliphatic rings. The second-order valence-electron chi connectivity index (χ2n) is 4.77. The average molecular weight is 427 g/mol. The van der Waals surface area contributed by atoms with Gasteiger partial charge < -0.3 is 10.8 Å². The zero-order valence-corrected chi connectivity index (χ0v) is 14.4. The Labute approximate surface area is 145 Å². The molecule has 7 nitrogen and oxygen atoms in total. The highest BCUT2D eigenvalue weighted by Crippen LogP contribution is 2.23. The Morgan fingerprint density at radius 3 is 2.48 bits per heavy atom. The molecule has 0 aliphatic heterocycles. The van der Waals surface area contributed by atoms with Crippen LogP contribution in [-0.2, 0) is 4.79 Å². The second kappa shape index (κ2) is 6.90. The number of nitrogens with two attached hydrogens (primary N) is 1. The Bertz CT molecular complexity index is 817. The molecule has 1 heterocycles. The largest absolute Gasteiger partial charge is 0.480 e. The van der Waals surface area contributed by atoms with Gasteiger partial charge in [0.25, 0.3) is 0 Å². The molecule has 23 heavy (non-hydrogen) atoms. The standard InChI is InChI=1S/C15H14IN3O4/c1-2-9(14(21)22)19-11(10(16)13(17)18-15(19)23)12(20)8-6-4-3-5-7-8/h3-7,9H,2H2,1H3,(H,21,22)(H2,17,18,23). The number of halogens is 1. The number of anilines is 1. The number of benzene rings is 1. The fourth-order valence-corrected chi connectivity index (χ4v) is 2.85. The van der Waals surface area contributed by atoms with Crippen molar-refractivity contribution in [3.63, 3.8) is 0 Å². The topological polar surface area (TPSA) is 115 Å². The molecular formula is C15H14IN3O4. The van der Waals surface area contributed by atoms with Crippen molar-refractivity contribution in [1.29, 1.82) is 0 Å². The van der Waals surface area contributed by atoms with Crippen molar-refractivity contribution in [3.8, 4) is 0 Å². The van der Waals surface area contributed by atoms with Crippen LogP contribution in [0.25, 0.3) is 0 Å². The van der Waals surface area contributed by atoms with Gasteiger partial charge in [0, 0.05) is 5.56 Å². The molecule has 2 aromatic rings. The van der Waals surface area contributed by atoms with Gasteiger partial charge in [0.2, 0.25) is 5.78 Å². The predicted molar refractivity (Wildman–Crippen MR) is 92.5 cm³/mol. The molecule has 0 fully saturated rings. The van der Waals surface area contributed by atoms with Crippen LogP contribution in [0.4, 0.5) is 5.82 Å². The summed E-state index contributed by atoms with van der Waals surface area (Å²) in [6.45, 7) is 1.62. The van der Waals surface area contributed by atoms with E-state index in [1.807, 2.05) is 0 Å². The van der Waals surface area contributed by atoms with Gasteiger partial charge in [0.1, 0.15) is 17.6 Å². The first-order valence-corrected chi connectivity index (χ1v) is 7.86. The summed E-state index contributed by atoms with van der Waals surface area (Å²) < 4.78 is 1.17. The summed E-state index contributed by atoms with van der Waals surface area (Å²) in [5, 5.41) is 9.36. The molecular weight excluding hydrogens is 413 g/mol. The number of ketones is 1. The molecule has 1 unspecified atom stereocenters. The lowest BCUT2D eigenvalue weighted by Crippen LogP contribution is -2.37. The Kier molecular flexibility index (Phi) is 5.14. The molecule has 1 aromatic heterocycles. The minimum absolute atomic E-state index is 0.0523. The molecule has 0 saturated carbocycles. The summed E-state index contributed by atoms with van der Waals surface area (Å²) in [6, 6.07) is 7.11. The minimum atomic E-state index is -1.21. The number of rotatable bonds is 5. The highest BCUT2D eigenvalue weighted by molar-refractivity contribution is 14.1. The summed E-state index contributed by atoms with van der Waals surface area (Å²) in [4.78, 5) is 40.1. The van der Waals surface area contributed by atoms with Gasteiger partial charge in [-0.1, -0.05) is 37.3 Å². The summed E-state index contributed by atoms with van der Waals surface area (Å²) in [5.41, 5.74) is 5.13. The van der Waals surface area contributed by atoms with Crippen molar-refractivity contribution in [2.45, 2.75) is 19.4 Å². The monoisotopic (exact) mass is 427 g/mol. The zero-order chi connectivity index (χ0) is 17.1. The van der Waals surface area contributed by atoms with Gasteiger partial charge in [-0.05, 0) is 29.0 Å². The van der Waals surface area contributed by atoms with Crippen LogP contribution in [0, 0.1) is 3.57 Å². The smallest absolute Gasteiger partial charge is 0.350 e. The van der Waals surface area contributed by atoms with E-state index in [2.05, 4.69) is 4.98 Å². The van der Waals surface area contributed by atoms with Gasteiger partial charge >= 0.3 is 11.7 Å². The van der Waals surface area contributed by atoms with Crippen LogP contribution in [0.5, 0.6) is 0 Å². The fraction of sp³-hybridized carbons (Fsp3) is 0.200. The van der Waals surface area contributed by atoms with Crippen molar-refractivity contribution in [3.05, 3.63) is 55.6 Å². The highest BCUT2D eigenvalue weighted by Gasteiger charge is 2.28. The van der Waals surface area contributed by atoms with E-state index in [0.717, 1.165) is 4.57 Å². The minimum Gasteiger partial charge on any atom is -0.480 e. The van der Waals surface area contributed by atoms with Gasteiger partial charge in [-0.15, -0.1) is 0 Å². The number of aromatic nitrogens is 2. The van der Waals surface area contributed by atoms with E-state index in [1.165, 1.54) is 0 Å². The summed E-state index contributed by atoms with van der Waals surface area (Å²) in [6.07, 6.45) is 0.131. The summed E-state index contributed by atoms with van der Waals surface area (Å²) in [7, 11) is 0. The van der Waals surface area contributed by atoms with Crippen LogP contribution >= 0.6 is 22.6 Å². The molecule has 0 amide bonds. The third kappa shape index (κ3) is 3.26. The molecule has 120 valence electrons. The van der Waals surface area contributed by atoms with E-state index in [0.29, 0.717) is 5.56 Å². The molecule has 3 N–H and O–H groups in total. The number of nitrogen functional groups attached to an aromatic ring is 1. The van der Waals surface area contributed by atoms with Gasteiger partial charge in [0.05, 0.1) is 3.57 Å². The van der Waals surface area contributed by atoms with Crippen LogP contribution in [0.2, 0.25) is 0 Å². The number of aliphatic carboxylic acids is 1. The number of carboxylic acid groups (broad SMARTS) is 1. The van der Waals surface area contributed by atoms with Crippen LogP contribution in [-0.4, -0.2) is 26.4 Å². The lowest BCUT2D eigenvalue weighted by Gasteiger charge is -2.19. The maximum atomic E-state index is 12.8. The Morgan fingerprint density at radius 1 is 1.35 bits per heavy atom. The summed E-state index contributed by atoms with van der Waals surface area (Å²) in [5.74, 6) is -1.77. The van der Waals surface area contributed by atoms with E-state index in [1.54, 1.807) is 59.8 Å². The van der Waals surface area contributed by atoms with Crippen LogP contribution in [0.15, 0.2) is 35.1 Å². The molecule has 8 heteroatoms. The van der Waals surface area contributed by atoms with E-state index in [9.17, 15) is 19.5 Å². The SMILES string of the molecule is CCC(C(=O)O)n1c(C(=O)c2ccccc2)c(I)c(N)nc1=O. The first kappa shape index (κ1) is 17.1. The third-order valence-corrected chi connectivity index (χ3v) is 4.39. The normalized spacial score (nSPS) is 11.9. The molecule has 0 bridgehead atoms. The maximum Gasteiger partial charge on any atom is 0.350 e. The van der Waals surface area contributed by atoms with E-state index >= 15 is 0 Å². The Hall–Kier alpha value is -2.23. The molecule has 0 radical (unpaired) electrons. The van der Waals surface area contributed by atoms with Crippen molar-refractivity contribution in [1.82, 2.24) is 9.55 Å². The number of carbonyl (C=O) groups is 2. The molecule has 0 aliphatic carbocycles. The predicted octanol–water partition coefficient (Wildman–Crippen LogP) is 1.70. The van der Waals surface area contributed by atoms with Crippen molar-refractivity contribution >= 4 is 40.2 Å². The Balaban J connectivity index is 2.78. The van der Waals surface area contributed by atoms with Crippen LogP contribution < -0.4 is 11.4 Å². The van der Waals surface area contributed by atoms with Gasteiger partial charge in [-0.2, -0.15) is 4.98 Å². The fourth-order valence-electron chi connectivity index (χ4n) is 2.22. The lowest BCUT2D eigenvalue weighted by molar-refractivity contribution is -0.141. The van der Waals surface area contributed by atoms with E-state index < -0.39 is 23.5 Å². The van der Waals surface area contributed by atoms with Gasteiger partial charge in [0.15, 0.2) is 0 Å². The van der Waals surface area contributed by atoms with E-state index in [-0.39, 0.29) is 21.5 Å². The van der Waals surface area contributed by atoms with Gasteiger partial charge in [-0.3, -0.25) is 9.36 Å². The lowest BCUT2D eigenvalue weighted by atomic mass is 10.1. The number of carbonyl (C=O) groups excluding carboxylic acids is 1. The average Bonchev–Trinajstić information content (AvgIpc) is 2.53. The van der Waals surface area contributed by atoms with Crippen molar-refractivity contribution in [2.75, 3.05) is 5.73 Å². The summed E-state index contributed by atoms with van der Waals surface area (Å²) >= 11 is 1.80. The van der Waals surface area contributed by atoms with Crippen LogP contribution in [0.3, 0.4) is 0 Å². The maximum absolute atomic E-state index is 12.8. The molecule has 1 aromatic carbocycles. The molecule has 2 rings (SSSR count). The second-order valence-corrected chi connectivity index (χ2v) is 5.85. The molecule has 0 saturated heterocycles. The third-order valence-electron chi connectivity index (χ3n) is 3.33. The molecule has 0 spiro atoms.